The van der Waals surface area contributed by atoms with Crippen molar-refractivity contribution in [1.29, 1.82) is 0 Å². The third-order valence-corrected chi connectivity index (χ3v) is 4.90. The average Bonchev–Trinajstić information content (AvgIpc) is 3.32. The molecule has 1 unspecified atom stereocenters. The Labute approximate surface area is 151 Å². The van der Waals surface area contributed by atoms with Crippen LogP contribution in [0.2, 0.25) is 0 Å². The zero-order valence-corrected chi connectivity index (χ0v) is 15.4. The molecule has 1 aromatic rings. The molecule has 1 aliphatic heterocycles. The number of anilines is 1. The molecule has 5 heteroatoms. The zero-order chi connectivity index (χ0) is 17.5. The molecule has 0 bridgehead atoms. The van der Waals surface area contributed by atoms with Crippen LogP contribution >= 0.6 is 0 Å². The number of benzene rings is 1. The van der Waals surface area contributed by atoms with Crippen molar-refractivity contribution in [2.24, 2.45) is 10.9 Å². The fraction of sp³-hybridized carbons (Fsp3) is 0.550. The van der Waals surface area contributed by atoms with Gasteiger partial charge in [-0.25, -0.2) is 0 Å². The summed E-state index contributed by atoms with van der Waals surface area (Å²) >= 11 is 0. The molecular formula is C20H30N4O. The van der Waals surface area contributed by atoms with Gasteiger partial charge in [0.15, 0.2) is 5.96 Å². The zero-order valence-electron chi connectivity index (χ0n) is 15.4. The van der Waals surface area contributed by atoms with E-state index in [1.165, 1.54) is 12.1 Å². The number of guanidine groups is 1. The van der Waals surface area contributed by atoms with E-state index in [1.807, 2.05) is 6.07 Å². The van der Waals surface area contributed by atoms with Crippen molar-refractivity contribution in [2.45, 2.75) is 32.2 Å². The summed E-state index contributed by atoms with van der Waals surface area (Å²) in [5.74, 6) is 2.47. The predicted molar refractivity (Wildman–Crippen MR) is 105 cm³/mol. The highest BCUT2D eigenvalue weighted by Gasteiger charge is 2.23. The molecule has 136 valence electrons. The number of ether oxygens (including phenoxy) is 1. The van der Waals surface area contributed by atoms with Gasteiger partial charge < -0.3 is 20.3 Å². The second kappa shape index (κ2) is 8.79. The van der Waals surface area contributed by atoms with Crippen LogP contribution in [0.5, 0.6) is 5.75 Å². The fourth-order valence-corrected chi connectivity index (χ4v) is 3.49. The van der Waals surface area contributed by atoms with E-state index in [4.69, 9.17) is 9.73 Å². The Balaban J connectivity index is 1.53. The summed E-state index contributed by atoms with van der Waals surface area (Å²) in [6, 6.07) is 8.82. The summed E-state index contributed by atoms with van der Waals surface area (Å²) in [6.07, 6.45) is 7.86. The maximum atomic E-state index is 5.34. The van der Waals surface area contributed by atoms with Crippen LogP contribution in [0, 0.1) is 5.92 Å². The minimum absolute atomic E-state index is 0.495. The highest BCUT2D eigenvalue weighted by atomic mass is 16.5. The van der Waals surface area contributed by atoms with Gasteiger partial charge in [-0.3, -0.25) is 4.99 Å². The van der Waals surface area contributed by atoms with Gasteiger partial charge in [0.05, 0.1) is 7.11 Å². The molecule has 1 aromatic carbocycles. The highest BCUT2D eigenvalue weighted by molar-refractivity contribution is 5.80. The number of nitrogens with zero attached hydrogens (tertiary/aromatic N) is 2. The lowest BCUT2D eigenvalue weighted by Gasteiger charge is -2.19. The Morgan fingerprint density at radius 1 is 1.32 bits per heavy atom. The van der Waals surface area contributed by atoms with E-state index >= 15 is 0 Å². The van der Waals surface area contributed by atoms with Crippen LogP contribution in [0.4, 0.5) is 5.69 Å². The molecule has 25 heavy (non-hydrogen) atoms. The molecule has 0 aromatic heterocycles. The van der Waals surface area contributed by atoms with E-state index in [2.05, 4.69) is 52.8 Å². The van der Waals surface area contributed by atoms with Crippen molar-refractivity contribution in [3.63, 3.8) is 0 Å². The molecule has 2 aliphatic rings. The summed E-state index contributed by atoms with van der Waals surface area (Å²) in [5, 5.41) is 6.92. The van der Waals surface area contributed by atoms with Gasteiger partial charge in [-0.1, -0.05) is 18.2 Å². The summed E-state index contributed by atoms with van der Waals surface area (Å²) < 4.78 is 5.34. The number of hydrogen-bond donors (Lipinski definition) is 2. The smallest absolute Gasteiger partial charge is 0.191 e. The monoisotopic (exact) mass is 342 g/mol. The van der Waals surface area contributed by atoms with Crippen LogP contribution in [-0.4, -0.2) is 45.3 Å². The van der Waals surface area contributed by atoms with Gasteiger partial charge in [0.2, 0.25) is 0 Å². The lowest BCUT2D eigenvalue weighted by atomic mass is 10.1. The first-order valence-corrected chi connectivity index (χ1v) is 9.37. The second-order valence-electron chi connectivity index (χ2n) is 6.81. The normalized spacial score (nSPS) is 21.0. The van der Waals surface area contributed by atoms with Crippen LogP contribution in [0.25, 0.3) is 0 Å². The maximum absolute atomic E-state index is 5.34. The third kappa shape index (κ3) is 4.91. The Bertz CT molecular complexity index is 605. The first-order chi connectivity index (χ1) is 12.3. The molecule has 5 nitrogen and oxygen atoms in total. The third-order valence-electron chi connectivity index (χ3n) is 4.90. The van der Waals surface area contributed by atoms with Gasteiger partial charge >= 0.3 is 0 Å². The quantitative estimate of drug-likeness (QED) is 0.474. The second-order valence-corrected chi connectivity index (χ2v) is 6.81. The number of aliphatic imine (C=N–C) groups is 1. The highest BCUT2D eigenvalue weighted by Crippen LogP contribution is 2.27. The van der Waals surface area contributed by atoms with Gasteiger partial charge in [-0.05, 0) is 44.2 Å². The molecule has 0 amide bonds. The van der Waals surface area contributed by atoms with Gasteiger partial charge in [0.1, 0.15) is 5.75 Å². The molecule has 0 radical (unpaired) electrons. The molecule has 3 rings (SSSR count). The molecule has 1 fully saturated rings. The standard InChI is InChI=1S/C20H30N4O/c1-3-21-20(23-17-7-4-5-8-17)22-14-16-11-12-24(15-16)18-9-6-10-19(13-18)25-2/h4-6,9-10,13,16-17H,3,7-8,11-12,14-15H2,1-2H3,(H2,21,22,23). The fourth-order valence-electron chi connectivity index (χ4n) is 3.49. The van der Waals surface area contributed by atoms with Crippen molar-refractivity contribution >= 4 is 11.6 Å². The molecular weight excluding hydrogens is 312 g/mol. The molecule has 1 atom stereocenters. The molecule has 0 saturated carbocycles. The summed E-state index contributed by atoms with van der Waals surface area (Å²) in [5.41, 5.74) is 1.24. The Morgan fingerprint density at radius 2 is 2.16 bits per heavy atom. The van der Waals surface area contributed by atoms with E-state index in [1.54, 1.807) is 7.11 Å². The maximum Gasteiger partial charge on any atom is 0.191 e. The molecule has 0 spiro atoms. The first-order valence-electron chi connectivity index (χ1n) is 9.37. The Hall–Kier alpha value is -2.17. The van der Waals surface area contributed by atoms with E-state index in [0.717, 1.165) is 50.7 Å². The van der Waals surface area contributed by atoms with Crippen LogP contribution in [-0.2, 0) is 0 Å². The minimum atomic E-state index is 0.495. The lowest BCUT2D eigenvalue weighted by Crippen LogP contribution is -2.42. The van der Waals surface area contributed by atoms with E-state index in [9.17, 15) is 0 Å². The minimum Gasteiger partial charge on any atom is -0.497 e. The van der Waals surface area contributed by atoms with Crippen LogP contribution in [0.15, 0.2) is 41.4 Å². The van der Waals surface area contributed by atoms with Crippen LogP contribution in [0.3, 0.4) is 0 Å². The van der Waals surface area contributed by atoms with Crippen molar-refractivity contribution in [3.8, 4) is 5.75 Å². The summed E-state index contributed by atoms with van der Waals surface area (Å²) in [4.78, 5) is 7.27. The first kappa shape index (κ1) is 17.6. The van der Waals surface area contributed by atoms with Gasteiger partial charge in [0.25, 0.3) is 0 Å². The largest absolute Gasteiger partial charge is 0.497 e. The lowest BCUT2D eigenvalue weighted by molar-refractivity contribution is 0.415. The van der Waals surface area contributed by atoms with Gasteiger partial charge in [0, 0.05) is 44.0 Å². The van der Waals surface area contributed by atoms with Crippen LogP contribution < -0.4 is 20.3 Å². The van der Waals surface area contributed by atoms with Crippen LogP contribution in [0.1, 0.15) is 26.2 Å². The van der Waals surface area contributed by atoms with Crippen molar-refractivity contribution in [2.75, 3.05) is 38.2 Å². The number of rotatable bonds is 6. The number of nitrogens with one attached hydrogen (secondary N) is 2. The van der Waals surface area contributed by atoms with Crippen molar-refractivity contribution in [1.82, 2.24) is 10.6 Å². The van der Waals surface area contributed by atoms with E-state index in [-0.39, 0.29) is 0 Å². The van der Waals surface area contributed by atoms with E-state index in [0.29, 0.717) is 12.0 Å². The predicted octanol–water partition coefficient (Wildman–Crippen LogP) is 2.80. The summed E-state index contributed by atoms with van der Waals surface area (Å²) in [6.45, 7) is 6.03. The molecule has 1 saturated heterocycles. The molecule has 2 N–H and O–H groups in total. The van der Waals surface area contributed by atoms with Gasteiger partial charge in [-0.2, -0.15) is 0 Å². The number of methoxy groups -OCH3 is 1. The molecule has 1 heterocycles. The Kier molecular flexibility index (Phi) is 6.20. The van der Waals surface area contributed by atoms with E-state index < -0.39 is 0 Å². The Morgan fingerprint density at radius 3 is 2.92 bits per heavy atom. The topological polar surface area (TPSA) is 48.9 Å². The van der Waals surface area contributed by atoms with Crippen molar-refractivity contribution in [3.05, 3.63) is 36.4 Å². The molecule has 1 aliphatic carbocycles. The average molecular weight is 342 g/mol. The summed E-state index contributed by atoms with van der Waals surface area (Å²) in [7, 11) is 1.72. The number of hydrogen-bond acceptors (Lipinski definition) is 3. The van der Waals surface area contributed by atoms with Gasteiger partial charge in [-0.15, -0.1) is 0 Å². The SMILES string of the molecule is CCNC(=NCC1CCN(c2cccc(OC)c2)C1)NC1CC=CC1. The van der Waals surface area contributed by atoms with Crippen molar-refractivity contribution < 1.29 is 4.74 Å².